The predicted octanol–water partition coefficient (Wildman–Crippen LogP) is 2.69. The van der Waals surface area contributed by atoms with Crippen molar-refractivity contribution >= 4 is 38.5 Å². The molecule has 4 heteroatoms. The van der Waals surface area contributed by atoms with Gasteiger partial charge >= 0.3 is 0 Å². The van der Waals surface area contributed by atoms with Crippen molar-refractivity contribution in [1.29, 1.82) is 0 Å². The summed E-state index contributed by atoms with van der Waals surface area (Å²) in [4.78, 5) is 0. The molecule has 0 aliphatic rings. The van der Waals surface area contributed by atoms with E-state index >= 15 is 0 Å². The summed E-state index contributed by atoms with van der Waals surface area (Å²) in [6.45, 7) is -0.275. The molecule has 11 heavy (non-hydrogen) atoms. The smallest absolute Gasteiger partial charge is 0.129 e. The molecule has 60 valence electrons. The van der Waals surface area contributed by atoms with Gasteiger partial charge in [-0.2, -0.15) is 0 Å². The molecule has 0 aromatic heterocycles. The van der Waals surface area contributed by atoms with Gasteiger partial charge in [-0.3, -0.25) is 0 Å². The lowest BCUT2D eigenvalue weighted by Gasteiger charge is -2.03. The second kappa shape index (κ2) is 3.82. The summed E-state index contributed by atoms with van der Waals surface area (Å²) in [5, 5.41) is 8.75. The van der Waals surface area contributed by atoms with Crippen molar-refractivity contribution in [2.24, 2.45) is 0 Å². The normalized spacial score (nSPS) is 10.2. The van der Waals surface area contributed by atoms with Gasteiger partial charge in [-0.1, -0.05) is 0 Å². The number of hydrogen-bond donors (Lipinski definition) is 1. The fourth-order valence-electron chi connectivity index (χ4n) is 0.714. The van der Waals surface area contributed by atoms with Crippen molar-refractivity contribution in [3.8, 4) is 0 Å². The van der Waals surface area contributed by atoms with Crippen LogP contribution in [0, 0.1) is 9.39 Å². The number of aliphatic hydroxyl groups is 1. The first-order valence-electron chi connectivity index (χ1n) is 2.90. The predicted molar refractivity (Wildman–Crippen MR) is 52.7 cm³/mol. The molecule has 1 nitrogen and oxygen atoms in total. The fourth-order valence-corrected chi connectivity index (χ4v) is 1.67. The lowest BCUT2D eigenvalue weighted by Crippen LogP contribution is -1.92. The number of rotatable bonds is 1. The van der Waals surface area contributed by atoms with Crippen molar-refractivity contribution in [3.05, 3.63) is 31.6 Å². The molecule has 0 aliphatic heterocycles. The van der Waals surface area contributed by atoms with Gasteiger partial charge in [0.1, 0.15) is 5.82 Å². The Morgan fingerprint density at radius 1 is 1.55 bits per heavy atom. The van der Waals surface area contributed by atoms with E-state index in [1.165, 1.54) is 6.07 Å². The number of halogens is 3. The Kier molecular flexibility index (Phi) is 3.27. The van der Waals surface area contributed by atoms with Gasteiger partial charge in [-0.05, 0) is 50.7 Å². The zero-order valence-corrected chi connectivity index (χ0v) is 9.19. The molecule has 0 unspecified atom stereocenters. The van der Waals surface area contributed by atoms with Gasteiger partial charge in [0.15, 0.2) is 0 Å². The summed E-state index contributed by atoms with van der Waals surface area (Å²) in [5.74, 6) is -0.375. The van der Waals surface area contributed by atoms with Crippen LogP contribution < -0.4 is 0 Å². The van der Waals surface area contributed by atoms with E-state index in [1.807, 2.05) is 0 Å². The van der Waals surface area contributed by atoms with Crippen molar-refractivity contribution in [3.63, 3.8) is 0 Å². The van der Waals surface area contributed by atoms with Crippen LogP contribution in [0.3, 0.4) is 0 Å². The SMILES string of the molecule is OCc1c(F)ccc(I)c1Br. The van der Waals surface area contributed by atoms with Crippen LogP contribution in [-0.4, -0.2) is 5.11 Å². The third-order valence-corrected chi connectivity index (χ3v) is 3.84. The maximum absolute atomic E-state index is 12.8. The Bertz CT molecular complexity index is 277. The Morgan fingerprint density at radius 2 is 2.18 bits per heavy atom. The average Bonchev–Trinajstić information content (AvgIpc) is 1.99. The standard InChI is InChI=1S/C7H5BrFIO/c8-7-4(3-11)5(9)1-2-6(7)10/h1-2,11H,3H2. The molecule has 1 rings (SSSR count). The van der Waals surface area contributed by atoms with E-state index in [0.717, 1.165) is 3.57 Å². The number of aliphatic hydroxyl groups excluding tert-OH is 1. The Hall–Kier alpha value is 0.320. The van der Waals surface area contributed by atoms with E-state index in [-0.39, 0.29) is 12.4 Å². The zero-order chi connectivity index (χ0) is 8.43. The minimum Gasteiger partial charge on any atom is -0.392 e. The molecule has 0 saturated heterocycles. The van der Waals surface area contributed by atoms with E-state index in [1.54, 1.807) is 6.07 Å². The molecule has 1 N–H and O–H groups in total. The van der Waals surface area contributed by atoms with Gasteiger partial charge in [-0.25, -0.2) is 4.39 Å². The maximum atomic E-state index is 12.8. The molecule has 0 amide bonds. The van der Waals surface area contributed by atoms with Crippen molar-refractivity contribution in [1.82, 2.24) is 0 Å². The van der Waals surface area contributed by atoms with E-state index in [2.05, 4.69) is 38.5 Å². The summed E-state index contributed by atoms with van der Waals surface area (Å²) in [6.07, 6.45) is 0. The molecular formula is C7H5BrFIO. The molecule has 0 radical (unpaired) electrons. The number of hydrogen-bond acceptors (Lipinski definition) is 1. The topological polar surface area (TPSA) is 20.2 Å². The summed E-state index contributed by atoms with van der Waals surface area (Å²) in [7, 11) is 0. The Morgan fingerprint density at radius 3 is 2.64 bits per heavy atom. The molecule has 1 aromatic carbocycles. The van der Waals surface area contributed by atoms with E-state index in [4.69, 9.17) is 5.11 Å². The van der Waals surface area contributed by atoms with Crippen molar-refractivity contribution < 1.29 is 9.50 Å². The van der Waals surface area contributed by atoms with Gasteiger partial charge < -0.3 is 5.11 Å². The van der Waals surface area contributed by atoms with Gasteiger partial charge in [0.05, 0.1) is 6.61 Å². The summed E-state index contributed by atoms with van der Waals surface area (Å²) < 4.78 is 14.4. The molecule has 1 aromatic rings. The Labute approximate surface area is 85.9 Å². The fraction of sp³-hybridized carbons (Fsp3) is 0.143. The molecule has 0 heterocycles. The zero-order valence-electron chi connectivity index (χ0n) is 5.44. The lowest BCUT2D eigenvalue weighted by molar-refractivity contribution is 0.274. The highest BCUT2D eigenvalue weighted by molar-refractivity contribution is 14.1. The van der Waals surface area contributed by atoms with Gasteiger partial charge in [0.2, 0.25) is 0 Å². The lowest BCUT2D eigenvalue weighted by atomic mass is 10.2. The minimum absolute atomic E-state index is 0.275. The van der Waals surface area contributed by atoms with Crippen LogP contribution in [0.5, 0.6) is 0 Å². The summed E-state index contributed by atoms with van der Waals surface area (Å²) in [6, 6.07) is 3.00. The summed E-state index contributed by atoms with van der Waals surface area (Å²) in [5.41, 5.74) is 0.317. The van der Waals surface area contributed by atoms with Crippen LogP contribution >= 0.6 is 38.5 Å². The molecule has 0 aliphatic carbocycles. The monoisotopic (exact) mass is 330 g/mol. The van der Waals surface area contributed by atoms with E-state index in [0.29, 0.717) is 10.0 Å². The summed E-state index contributed by atoms with van der Waals surface area (Å²) >= 11 is 5.25. The first-order chi connectivity index (χ1) is 5.16. The van der Waals surface area contributed by atoms with Gasteiger partial charge in [0, 0.05) is 13.6 Å². The minimum atomic E-state index is -0.375. The maximum Gasteiger partial charge on any atom is 0.129 e. The highest BCUT2D eigenvalue weighted by atomic mass is 127. The Balaban J connectivity index is 3.29. The molecule has 0 atom stereocenters. The first-order valence-corrected chi connectivity index (χ1v) is 4.77. The third-order valence-electron chi connectivity index (χ3n) is 1.30. The van der Waals surface area contributed by atoms with Crippen LogP contribution in [0.2, 0.25) is 0 Å². The molecule has 0 spiro atoms. The second-order valence-corrected chi connectivity index (χ2v) is 3.94. The van der Waals surface area contributed by atoms with Gasteiger partial charge in [0.25, 0.3) is 0 Å². The van der Waals surface area contributed by atoms with Crippen molar-refractivity contribution in [2.45, 2.75) is 6.61 Å². The molecule has 0 bridgehead atoms. The highest BCUT2D eigenvalue weighted by Crippen LogP contribution is 2.25. The van der Waals surface area contributed by atoms with Crippen LogP contribution in [0.1, 0.15) is 5.56 Å². The third kappa shape index (κ3) is 1.91. The number of benzene rings is 1. The largest absolute Gasteiger partial charge is 0.392 e. The van der Waals surface area contributed by atoms with Crippen LogP contribution in [-0.2, 0) is 6.61 Å². The van der Waals surface area contributed by atoms with E-state index < -0.39 is 0 Å². The van der Waals surface area contributed by atoms with Crippen LogP contribution in [0.15, 0.2) is 16.6 Å². The average molecular weight is 331 g/mol. The molecule has 0 fully saturated rings. The van der Waals surface area contributed by atoms with Crippen LogP contribution in [0.25, 0.3) is 0 Å². The molecule has 0 saturated carbocycles. The van der Waals surface area contributed by atoms with Gasteiger partial charge in [-0.15, -0.1) is 0 Å². The second-order valence-electron chi connectivity index (χ2n) is 1.98. The highest BCUT2D eigenvalue weighted by Gasteiger charge is 2.07. The first kappa shape index (κ1) is 9.41. The van der Waals surface area contributed by atoms with Crippen molar-refractivity contribution in [2.75, 3.05) is 0 Å². The van der Waals surface area contributed by atoms with E-state index in [9.17, 15) is 4.39 Å². The quantitative estimate of drug-likeness (QED) is 0.620. The molecular weight excluding hydrogens is 326 g/mol. The van der Waals surface area contributed by atoms with Crippen LogP contribution in [0.4, 0.5) is 4.39 Å².